The Morgan fingerprint density at radius 2 is 1.75 bits per heavy atom. The lowest BCUT2D eigenvalue weighted by Crippen LogP contribution is -2.37. The lowest BCUT2D eigenvalue weighted by atomic mass is 9.95. The van der Waals surface area contributed by atoms with E-state index in [4.69, 9.17) is 0 Å². The summed E-state index contributed by atoms with van der Waals surface area (Å²) in [5.74, 6) is 0.149. The number of piperidine rings is 1. The molecule has 1 saturated heterocycles. The largest absolute Gasteiger partial charge is 0.358 e. The zero-order valence-electron chi connectivity index (χ0n) is 15.7. The van der Waals surface area contributed by atoms with E-state index in [0.29, 0.717) is 24.7 Å². The first-order chi connectivity index (χ1) is 13.4. The number of carbonyl (C=O) groups excluding carboxylic acids is 1. The van der Waals surface area contributed by atoms with E-state index in [0.717, 1.165) is 18.4 Å². The molecule has 146 valence electrons. The third kappa shape index (κ3) is 3.68. The van der Waals surface area contributed by atoms with E-state index >= 15 is 0 Å². The molecule has 1 amide bonds. The number of nitrogens with zero attached hydrogens (tertiary/aromatic N) is 1. The van der Waals surface area contributed by atoms with Gasteiger partial charge in [0.1, 0.15) is 0 Å². The van der Waals surface area contributed by atoms with Crippen LogP contribution in [0, 0.1) is 0 Å². The van der Waals surface area contributed by atoms with Crippen molar-refractivity contribution in [3.05, 3.63) is 60.3 Å². The van der Waals surface area contributed by atoms with Crippen LogP contribution in [0.3, 0.4) is 0 Å². The summed E-state index contributed by atoms with van der Waals surface area (Å²) < 4.78 is 27.4. The first-order valence-electron chi connectivity index (χ1n) is 9.39. The second kappa shape index (κ2) is 7.41. The number of aromatic amines is 1. The Kier molecular flexibility index (Phi) is 4.95. The number of para-hydroxylation sites is 1. The molecule has 2 N–H and O–H groups in total. The smallest absolute Gasteiger partial charge is 0.243 e. The molecule has 0 radical (unpaired) electrons. The predicted octanol–water partition coefficient (Wildman–Crippen LogP) is 3.69. The summed E-state index contributed by atoms with van der Waals surface area (Å²) in [5.41, 5.74) is 2.88. The quantitative estimate of drug-likeness (QED) is 0.704. The summed E-state index contributed by atoms with van der Waals surface area (Å²) in [6.45, 7) is 2.41. The fourth-order valence-corrected chi connectivity index (χ4v) is 5.26. The van der Waals surface area contributed by atoms with Gasteiger partial charge in [0.05, 0.1) is 4.90 Å². The third-order valence-corrected chi connectivity index (χ3v) is 7.17. The van der Waals surface area contributed by atoms with Crippen molar-refractivity contribution in [2.45, 2.75) is 30.6 Å². The van der Waals surface area contributed by atoms with Crippen molar-refractivity contribution < 1.29 is 13.2 Å². The third-order valence-electron chi connectivity index (χ3n) is 5.26. The summed E-state index contributed by atoms with van der Waals surface area (Å²) in [6.07, 6.45) is 1.58. The monoisotopic (exact) mass is 397 g/mol. The fraction of sp³-hybridized carbons (Fsp3) is 0.286. The second-order valence-electron chi connectivity index (χ2n) is 7.20. The number of hydrogen-bond donors (Lipinski definition) is 2. The highest BCUT2D eigenvalue weighted by molar-refractivity contribution is 7.89. The predicted molar refractivity (Wildman–Crippen MR) is 110 cm³/mol. The number of benzene rings is 2. The molecule has 0 atom stereocenters. The highest BCUT2D eigenvalue weighted by atomic mass is 32.2. The van der Waals surface area contributed by atoms with Gasteiger partial charge in [0, 0.05) is 42.8 Å². The van der Waals surface area contributed by atoms with Crippen LogP contribution in [-0.2, 0) is 14.8 Å². The molecule has 7 heteroatoms. The Labute approximate surface area is 164 Å². The number of anilines is 1. The molecule has 0 spiro atoms. The molecule has 2 aromatic carbocycles. The first kappa shape index (κ1) is 18.7. The Balaban J connectivity index is 1.45. The van der Waals surface area contributed by atoms with E-state index in [-0.39, 0.29) is 10.8 Å². The van der Waals surface area contributed by atoms with Gasteiger partial charge < -0.3 is 10.3 Å². The number of sulfonamides is 1. The van der Waals surface area contributed by atoms with E-state index in [9.17, 15) is 13.2 Å². The highest BCUT2D eigenvalue weighted by Crippen LogP contribution is 2.32. The second-order valence-corrected chi connectivity index (χ2v) is 9.13. The molecule has 0 unspecified atom stereocenters. The summed E-state index contributed by atoms with van der Waals surface area (Å²) in [7, 11) is -3.53. The number of amides is 1. The molecule has 0 bridgehead atoms. The minimum Gasteiger partial charge on any atom is -0.358 e. The molecule has 4 rings (SSSR count). The van der Waals surface area contributed by atoms with Crippen LogP contribution in [0.5, 0.6) is 0 Å². The normalized spacial score (nSPS) is 16.3. The van der Waals surface area contributed by atoms with Crippen LogP contribution in [0.2, 0.25) is 0 Å². The minimum absolute atomic E-state index is 0.186. The van der Waals surface area contributed by atoms with Crippen molar-refractivity contribution in [2.75, 3.05) is 18.4 Å². The molecule has 0 aliphatic carbocycles. The van der Waals surface area contributed by atoms with Crippen LogP contribution in [0.4, 0.5) is 5.69 Å². The lowest BCUT2D eigenvalue weighted by Gasteiger charge is -2.30. The number of H-pyrrole nitrogens is 1. The van der Waals surface area contributed by atoms with Crippen LogP contribution in [0.1, 0.15) is 31.4 Å². The summed E-state index contributed by atoms with van der Waals surface area (Å²) in [5, 5.41) is 3.83. The van der Waals surface area contributed by atoms with E-state index in [1.165, 1.54) is 18.0 Å². The van der Waals surface area contributed by atoms with Gasteiger partial charge in [-0.2, -0.15) is 4.31 Å². The van der Waals surface area contributed by atoms with Crippen LogP contribution < -0.4 is 5.32 Å². The molecule has 1 aliphatic rings. The van der Waals surface area contributed by atoms with E-state index in [2.05, 4.69) is 28.5 Å². The number of nitrogens with one attached hydrogen (secondary N) is 2. The van der Waals surface area contributed by atoms with Gasteiger partial charge in [-0.25, -0.2) is 8.42 Å². The van der Waals surface area contributed by atoms with Gasteiger partial charge in [-0.05, 0) is 54.6 Å². The molecule has 1 fully saturated rings. The van der Waals surface area contributed by atoms with Crippen LogP contribution in [0.15, 0.2) is 59.5 Å². The topological polar surface area (TPSA) is 82.3 Å². The van der Waals surface area contributed by atoms with Gasteiger partial charge >= 0.3 is 0 Å². The maximum atomic E-state index is 12.9. The Morgan fingerprint density at radius 1 is 1.07 bits per heavy atom. The van der Waals surface area contributed by atoms with Gasteiger partial charge in [0.2, 0.25) is 15.9 Å². The Bertz CT molecular complexity index is 1060. The molecular formula is C21H23N3O3S. The Hall–Kier alpha value is -2.64. The Morgan fingerprint density at radius 3 is 2.39 bits per heavy atom. The van der Waals surface area contributed by atoms with Crippen LogP contribution in [-0.4, -0.2) is 36.7 Å². The summed E-state index contributed by atoms with van der Waals surface area (Å²) in [6, 6.07) is 16.7. The molecule has 1 aliphatic heterocycles. The number of rotatable bonds is 4. The zero-order chi connectivity index (χ0) is 19.7. The molecule has 1 aromatic heterocycles. The molecular weight excluding hydrogens is 374 g/mol. The molecule has 3 aromatic rings. The van der Waals surface area contributed by atoms with Crippen LogP contribution in [0.25, 0.3) is 10.9 Å². The van der Waals surface area contributed by atoms with Crippen molar-refractivity contribution in [3.63, 3.8) is 0 Å². The molecule has 28 heavy (non-hydrogen) atoms. The molecule has 2 heterocycles. The van der Waals surface area contributed by atoms with Crippen molar-refractivity contribution >= 4 is 32.5 Å². The number of carbonyl (C=O) groups is 1. The van der Waals surface area contributed by atoms with Crippen LogP contribution >= 0.6 is 0 Å². The van der Waals surface area contributed by atoms with Crippen molar-refractivity contribution in [3.8, 4) is 0 Å². The SMILES string of the molecule is CC(=O)Nc1ccc(S(=O)(=O)N2CCC(c3cc4ccccc4[nH]3)CC2)cc1. The van der Waals surface area contributed by atoms with E-state index < -0.39 is 10.0 Å². The standard InChI is InChI=1S/C21H23N3O3S/c1-15(25)22-18-6-8-19(9-7-18)28(26,27)24-12-10-16(11-13-24)21-14-17-4-2-3-5-20(17)23-21/h2-9,14,16,23H,10-13H2,1H3,(H,22,25). The zero-order valence-corrected chi connectivity index (χ0v) is 16.5. The van der Waals surface area contributed by atoms with Gasteiger partial charge in [0.25, 0.3) is 0 Å². The summed E-state index contributed by atoms with van der Waals surface area (Å²) in [4.78, 5) is 14.8. The number of aromatic nitrogens is 1. The summed E-state index contributed by atoms with van der Waals surface area (Å²) >= 11 is 0. The number of fused-ring (bicyclic) bond motifs is 1. The average molecular weight is 398 g/mol. The van der Waals surface area contributed by atoms with E-state index in [1.54, 1.807) is 28.6 Å². The minimum atomic E-state index is -3.53. The maximum absolute atomic E-state index is 12.9. The lowest BCUT2D eigenvalue weighted by molar-refractivity contribution is -0.114. The van der Waals surface area contributed by atoms with Crippen molar-refractivity contribution in [1.82, 2.24) is 9.29 Å². The average Bonchev–Trinajstić information content (AvgIpc) is 3.12. The molecule has 6 nitrogen and oxygen atoms in total. The van der Waals surface area contributed by atoms with Gasteiger partial charge in [-0.3, -0.25) is 4.79 Å². The fourth-order valence-electron chi connectivity index (χ4n) is 3.79. The van der Waals surface area contributed by atoms with Crippen molar-refractivity contribution in [2.24, 2.45) is 0 Å². The molecule has 0 saturated carbocycles. The van der Waals surface area contributed by atoms with E-state index in [1.807, 2.05) is 12.1 Å². The van der Waals surface area contributed by atoms with Gasteiger partial charge in [0.15, 0.2) is 0 Å². The van der Waals surface area contributed by atoms with Crippen molar-refractivity contribution in [1.29, 1.82) is 0 Å². The van der Waals surface area contributed by atoms with Gasteiger partial charge in [-0.1, -0.05) is 18.2 Å². The first-order valence-corrected chi connectivity index (χ1v) is 10.8. The highest BCUT2D eigenvalue weighted by Gasteiger charge is 2.30. The maximum Gasteiger partial charge on any atom is 0.243 e. The van der Waals surface area contributed by atoms with Gasteiger partial charge in [-0.15, -0.1) is 0 Å². The number of hydrogen-bond acceptors (Lipinski definition) is 3.